The van der Waals surface area contributed by atoms with Gasteiger partial charge >= 0.3 is 0 Å². The first-order valence-electron chi connectivity index (χ1n) is 7.49. The van der Waals surface area contributed by atoms with Crippen molar-refractivity contribution in [1.82, 2.24) is 5.32 Å². The van der Waals surface area contributed by atoms with Gasteiger partial charge in [-0.2, -0.15) is 0 Å². The molecule has 0 aliphatic carbocycles. The SMILES string of the molecule is Cc1ccccc1C(=O)NC(CC(C)C)c1ccccc1. The van der Waals surface area contributed by atoms with Crippen LogP contribution in [0.5, 0.6) is 0 Å². The topological polar surface area (TPSA) is 29.1 Å². The Hall–Kier alpha value is -2.09. The lowest BCUT2D eigenvalue weighted by molar-refractivity contribution is 0.0931. The van der Waals surface area contributed by atoms with Crippen LogP contribution < -0.4 is 5.32 Å². The van der Waals surface area contributed by atoms with Crippen molar-refractivity contribution in [1.29, 1.82) is 0 Å². The minimum atomic E-state index is 0.00241. The number of rotatable bonds is 5. The molecule has 2 nitrogen and oxygen atoms in total. The van der Waals surface area contributed by atoms with Gasteiger partial charge in [0.2, 0.25) is 0 Å². The quantitative estimate of drug-likeness (QED) is 0.858. The molecule has 0 heterocycles. The van der Waals surface area contributed by atoms with E-state index in [1.165, 1.54) is 0 Å². The smallest absolute Gasteiger partial charge is 0.252 e. The molecule has 2 aromatic rings. The highest BCUT2D eigenvalue weighted by Gasteiger charge is 2.17. The Labute approximate surface area is 127 Å². The average molecular weight is 281 g/mol. The van der Waals surface area contributed by atoms with Crippen LogP contribution in [0, 0.1) is 12.8 Å². The summed E-state index contributed by atoms with van der Waals surface area (Å²) in [7, 11) is 0. The fourth-order valence-electron chi connectivity index (χ4n) is 2.50. The summed E-state index contributed by atoms with van der Waals surface area (Å²) < 4.78 is 0. The highest BCUT2D eigenvalue weighted by Crippen LogP contribution is 2.22. The molecule has 2 heteroatoms. The van der Waals surface area contributed by atoms with Crippen LogP contribution in [0.25, 0.3) is 0 Å². The fraction of sp³-hybridized carbons (Fsp3) is 0.316. The van der Waals surface area contributed by atoms with E-state index in [1.807, 2.05) is 49.4 Å². The molecule has 0 spiro atoms. The molecule has 110 valence electrons. The van der Waals surface area contributed by atoms with Crippen molar-refractivity contribution in [2.24, 2.45) is 5.92 Å². The Kier molecular flexibility index (Phi) is 5.15. The van der Waals surface area contributed by atoms with Crippen LogP contribution in [0.2, 0.25) is 0 Å². The first-order chi connectivity index (χ1) is 10.1. The van der Waals surface area contributed by atoms with E-state index < -0.39 is 0 Å². The maximum Gasteiger partial charge on any atom is 0.252 e. The minimum Gasteiger partial charge on any atom is -0.345 e. The number of nitrogens with one attached hydrogen (secondary N) is 1. The first-order valence-corrected chi connectivity index (χ1v) is 7.49. The largest absolute Gasteiger partial charge is 0.345 e. The van der Waals surface area contributed by atoms with Gasteiger partial charge in [0.1, 0.15) is 0 Å². The van der Waals surface area contributed by atoms with E-state index in [0.717, 1.165) is 23.1 Å². The molecule has 2 rings (SSSR count). The van der Waals surface area contributed by atoms with Crippen molar-refractivity contribution < 1.29 is 4.79 Å². The number of amides is 1. The summed E-state index contributed by atoms with van der Waals surface area (Å²) in [5.41, 5.74) is 2.92. The van der Waals surface area contributed by atoms with E-state index >= 15 is 0 Å². The number of aryl methyl sites for hydroxylation is 1. The Morgan fingerprint density at radius 1 is 1.00 bits per heavy atom. The molecule has 1 amide bonds. The molecular formula is C19H23NO. The summed E-state index contributed by atoms with van der Waals surface area (Å²) in [6, 6.07) is 17.9. The third-order valence-corrected chi connectivity index (χ3v) is 3.60. The summed E-state index contributed by atoms with van der Waals surface area (Å²) >= 11 is 0. The minimum absolute atomic E-state index is 0.00241. The van der Waals surface area contributed by atoms with Gasteiger partial charge in [-0.1, -0.05) is 62.4 Å². The summed E-state index contributed by atoms with van der Waals surface area (Å²) in [5, 5.41) is 3.18. The first kappa shape index (κ1) is 15.3. The van der Waals surface area contributed by atoms with E-state index in [1.54, 1.807) is 0 Å². The maximum atomic E-state index is 12.5. The van der Waals surface area contributed by atoms with Gasteiger partial charge < -0.3 is 5.32 Å². The van der Waals surface area contributed by atoms with E-state index in [2.05, 4.69) is 31.3 Å². The monoisotopic (exact) mass is 281 g/mol. The number of carbonyl (C=O) groups excluding carboxylic acids is 1. The molecule has 0 radical (unpaired) electrons. The number of hydrogen-bond acceptors (Lipinski definition) is 1. The number of hydrogen-bond donors (Lipinski definition) is 1. The molecule has 0 fully saturated rings. The second kappa shape index (κ2) is 7.07. The van der Waals surface area contributed by atoms with Crippen molar-refractivity contribution in [3.05, 3.63) is 71.3 Å². The Bertz CT molecular complexity index is 590. The van der Waals surface area contributed by atoms with Gasteiger partial charge in [-0.05, 0) is 36.5 Å². The summed E-state index contributed by atoms with van der Waals surface area (Å²) in [5.74, 6) is 0.523. The normalized spacial score (nSPS) is 12.2. The molecule has 1 atom stereocenters. The van der Waals surface area contributed by atoms with E-state index in [9.17, 15) is 4.79 Å². The molecule has 21 heavy (non-hydrogen) atoms. The molecule has 0 saturated carbocycles. The second-order valence-electron chi connectivity index (χ2n) is 5.88. The Morgan fingerprint density at radius 2 is 1.62 bits per heavy atom. The van der Waals surface area contributed by atoms with Crippen molar-refractivity contribution >= 4 is 5.91 Å². The highest BCUT2D eigenvalue weighted by atomic mass is 16.1. The van der Waals surface area contributed by atoms with Crippen LogP contribution in [0.15, 0.2) is 54.6 Å². The zero-order valence-electron chi connectivity index (χ0n) is 13.0. The van der Waals surface area contributed by atoms with Crippen LogP contribution in [-0.2, 0) is 0 Å². The number of carbonyl (C=O) groups is 1. The van der Waals surface area contributed by atoms with Gasteiger partial charge in [-0.3, -0.25) is 4.79 Å². The maximum absolute atomic E-state index is 12.5. The third kappa shape index (κ3) is 4.19. The van der Waals surface area contributed by atoms with Crippen molar-refractivity contribution in [2.45, 2.75) is 33.2 Å². The molecule has 0 aliphatic heterocycles. The zero-order chi connectivity index (χ0) is 15.2. The third-order valence-electron chi connectivity index (χ3n) is 3.60. The van der Waals surface area contributed by atoms with E-state index in [0.29, 0.717) is 5.92 Å². The van der Waals surface area contributed by atoms with Crippen LogP contribution in [0.4, 0.5) is 0 Å². The summed E-state index contributed by atoms with van der Waals surface area (Å²) in [6.07, 6.45) is 0.932. The van der Waals surface area contributed by atoms with Crippen molar-refractivity contribution in [3.63, 3.8) is 0 Å². The van der Waals surface area contributed by atoms with Crippen LogP contribution in [-0.4, -0.2) is 5.91 Å². The summed E-state index contributed by atoms with van der Waals surface area (Å²) in [4.78, 5) is 12.5. The van der Waals surface area contributed by atoms with Crippen LogP contribution in [0.3, 0.4) is 0 Å². The molecule has 1 unspecified atom stereocenters. The number of benzene rings is 2. The van der Waals surface area contributed by atoms with Gasteiger partial charge in [0.25, 0.3) is 5.91 Å². The standard InChI is InChI=1S/C19H23NO/c1-14(2)13-18(16-10-5-4-6-11-16)20-19(21)17-12-8-7-9-15(17)3/h4-12,14,18H,13H2,1-3H3,(H,20,21). The molecule has 1 N–H and O–H groups in total. The van der Waals surface area contributed by atoms with Gasteiger partial charge in [0, 0.05) is 5.56 Å². The average Bonchev–Trinajstić information content (AvgIpc) is 2.47. The second-order valence-corrected chi connectivity index (χ2v) is 5.88. The van der Waals surface area contributed by atoms with Gasteiger partial charge in [0.05, 0.1) is 6.04 Å². The van der Waals surface area contributed by atoms with Crippen molar-refractivity contribution in [3.8, 4) is 0 Å². The Morgan fingerprint density at radius 3 is 2.24 bits per heavy atom. The predicted molar refractivity (Wildman–Crippen MR) is 87.3 cm³/mol. The lowest BCUT2D eigenvalue weighted by atomic mass is 9.96. The van der Waals surface area contributed by atoms with Crippen LogP contribution >= 0.6 is 0 Å². The van der Waals surface area contributed by atoms with Gasteiger partial charge in [-0.25, -0.2) is 0 Å². The predicted octanol–water partition coefficient (Wildman–Crippen LogP) is 4.51. The zero-order valence-corrected chi connectivity index (χ0v) is 13.0. The van der Waals surface area contributed by atoms with Crippen LogP contribution in [0.1, 0.15) is 47.8 Å². The lowest BCUT2D eigenvalue weighted by Crippen LogP contribution is -2.30. The molecule has 0 aromatic heterocycles. The molecule has 0 bridgehead atoms. The Balaban J connectivity index is 2.19. The van der Waals surface area contributed by atoms with Crippen molar-refractivity contribution in [2.75, 3.05) is 0 Å². The summed E-state index contributed by atoms with van der Waals surface area (Å²) in [6.45, 7) is 6.32. The molecular weight excluding hydrogens is 258 g/mol. The van der Waals surface area contributed by atoms with Gasteiger partial charge in [0.15, 0.2) is 0 Å². The van der Waals surface area contributed by atoms with E-state index in [4.69, 9.17) is 0 Å². The van der Waals surface area contributed by atoms with Gasteiger partial charge in [-0.15, -0.1) is 0 Å². The fourth-order valence-corrected chi connectivity index (χ4v) is 2.50. The molecule has 2 aromatic carbocycles. The lowest BCUT2D eigenvalue weighted by Gasteiger charge is -2.21. The molecule has 0 saturated heterocycles. The highest BCUT2D eigenvalue weighted by molar-refractivity contribution is 5.95. The van der Waals surface area contributed by atoms with E-state index in [-0.39, 0.29) is 11.9 Å². The molecule has 0 aliphatic rings.